The van der Waals surface area contributed by atoms with Gasteiger partial charge in [-0.1, -0.05) is 23.4 Å². The van der Waals surface area contributed by atoms with Crippen molar-refractivity contribution < 1.29 is 22.4 Å². The van der Waals surface area contributed by atoms with Crippen molar-refractivity contribution in [2.24, 2.45) is 0 Å². The Hall–Kier alpha value is -2.95. The van der Waals surface area contributed by atoms with Crippen molar-refractivity contribution in [3.05, 3.63) is 54.4 Å². The van der Waals surface area contributed by atoms with Crippen molar-refractivity contribution in [2.75, 3.05) is 20.4 Å². The zero-order chi connectivity index (χ0) is 20.7. The minimum atomic E-state index is -3.59. The van der Waals surface area contributed by atoms with Crippen molar-refractivity contribution in [2.45, 2.75) is 23.4 Å². The Morgan fingerprint density at radius 1 is 1.10 bits per heavy atom. The SMILES string of the molecule is CN1CC(NS(=O)(=O)c2ccccc2)CC1c1nc(-c2ccc3c(c2)OCO3)no1. The highest BCUT2D eigenvalue weighted by Crippen LogP contribution is 2.36. The molecule has 1 fully saturated rings. The minimum absolute atomic E-state index is 0.177. The van der Waals surface area contributed by atoms with Gasteiger partial charge in [0.05, 0.1) is 10.9 Å². The van der Waals surface area contributed by atoms with Crippen LogP contribution >= 0.6 is 0 Å². The number of benzene rings is 2. The zero-order valence-electron chi connectivity index (χ0n) is 16.2. The van der Waals surface area contributed by atoms with Gasteiger partial charge in [-0.3, -0.25) is 4.90 Å². The molecule has 3 heterocycles. The summed E-state index contributed by atoms with van der Waals surface area (Å²) in [5, 5.41) is 4.09. The molecule has 2 aliphatic rings. The van der Waals surface area contributed by atoms with Gasteiger partial charge in [-0.15, -0.1) is 0 Å². The first kappa shape index (κ1) is 19.0. The second-order valence-electron chi connectivity index (χ2n) is 7.35. The fourth-order valence-corrected chi connectivity index (χ4v) is 5.05. The summed E-state index contributed by atoms with van der Waals surface area (Å²) in [5.74, 6) is 2.23. The molecule has 156 valence electrons. The van der Waals surface area contributed by atoms with Crippen LogP contribution in [0.15, 0.2) is 57.9 Å². The predicted molar refractivity (Wildman–Crippen MR) is 106 cm³/mol. The second-order valence-corrected chi connectivity index (χ2v) is 9.06. The topological polar surface area (TPSA) is 107 Å². The summed E-state index contributed by atoms with van der Waals surface area (Å²) in [7, 11) is -1.68. The van der Waals surface area contributed by atoms with E-state index in [-0.39, 0.29) is 23.8 Å². The van der Waals surface area contributed by atoms with E-state index in [9.17, 15) is 8.42 Å². The molecule has 5 rings (SSSR count). The number of rotatable bonds is 5. The number of likely N-dealkylation sites (tertiary alicyclic amines) is 1. The van der Waals surface area contributed by atoms with E-state index in [1.54, 1.807) is 30.3 Å². The molecule has 0 saturated carbocycles. The van der Waals surface area contributed by atoms with E-state index >= 15 is 0 Å². The highest BCUT2D eigenvalue weighted by atomic mass is 32.2. The lowest BCUT2D eigenvalue weighted by atomic mass is 10.1. The van der Waals surface area contributed by atoms with Gasteiger partial charge < -0.3 is 14.0 Å². The van der Waals surface area contributed by atoms with Gasteiger partial charge in [0, 0.05) is 18.2 Å². The lowest BCUT2D eigenvalue weighted by molar-refractivity contribution is 0.174. The van der Waals surface area contributed by atoms with Gasteiger partial charge in [0.15, 0.2) is 11.5 Å². The smallest absolute Gasteiger partial charge is 0.244 e. The van der Waals surface area contributed by atoms with E-state index in [4.69, 9.17) is 14.0 Å². The Morgan fingerprint density at radius 2 is 1.90 bits per heavy atom. The Morgan fingerprint density at radius 3 is 2.73 bits per heavy atom. The van der Waals surface area contributed by atoms with Gasteiger partial charge in [-0.25, -0.2) is 13.1 Å². The summed E-state index contributed by atoms with van der Waals surface area (Å²) in [4.78, 5) is 6.79. The molecule has 2 aliphatic heterocycles. The maximum absolute atomic E-state index is 12.6. The molecule has 0 radical (unpaired) electrons. The number of nitrogens with one attached hydrogen (secondary N) is 1. The summed E-state index contributed by atoms with van der Waals surface area (Å²) in [5.41, 5.74) is 0.760. The highest BCUT2D eigenvalue weighted by molar-refractivity contribution is 7.89. The van der Waals surface area contributed by atoms with Crippen LogP contribution in [0, 0.1) is 0 Å². The molecular formula is C20H20N4O5S. The molecule has 30 heavy (non-hydrogen) atoms. The molecule has 0 amide bonds. The third-order valence-corrected chi connectivity index (χ3v) is 6.82. The minimum Gasteiger partial charge on any atom is -0.454 e. The molecule has 2 unspecified atom stereocenters. The second kappa shape index (κ2) is 7.38. The summed E-state index contributed by atoms with van der Waals surface area (Å²) < 4.78 is 44.2. The van der Waals surface area contributed by atoms with Gasteiger partial charge in [0.25, 0.3) is 0 Å². The van der Waals surface area contributed by atoms with Crippen LogP contribution in [0.3, 0.4) is 0 Å². The van der Waals surface area contributed by atoms with E-state index in [1.807, 2.05) is 30.1 Å². The number of hydrogen-bond acceptors (Lipinski definition) is 8. The van der Waals surface area contributed by atoms with Crippen molar-refractivity contribution >= 4 is 10.0 Å². The van der Waals surface area contributed by atoms with E-state index in [0.717, 1.165) is 5.56 Å². The van der Waals surface area contributed by atoms with Gasteiger partial charge in [-0.2, -0.15) is 4.98 Å². The molecule has 2 aromatic carbocycles. The lowest BCUT2D eigenvalue weighted by Crippen LogP contribution is -2.36. The van der Waals surface area contributed by atoms with E-state index < -0.39 is 10.0 Å². The normalized spacial score (nSPS) is 21.2. The van der Waals surface area contributed by atoms with Crippen LogP contribution in [-0.2, 0) is 10.0 Å². The molecule has 10 heteroatoms. The average molecular weight is 428 g/mol. The number of hydrogen-bond donors (Lipinski definition) is 1. The fourth-order valence-electron chi connectivity index (χ4n) is 3.78. The van der Waals surface area contributed by atoms with Gasteiger partial charge >= 0.3 is 0 Å². The van der Waals surface area contributed by atoms with Crippen LogP contribution in [0.4, 0.5) is 0 Å². The quantitative estimate of drug-likeness (QED) is 0.659. The van der Waals surface area contributed by atoms with E-state index in [0.29, 0.717) is 36.2 Å². The van der Waals surface area contributed by atoms with Gasteiger partial charge in [-0.05, 0) is 43.8 Å². The summed E-state index contributed by atoms with van der Waals surface area (Å²) in [6.45, 7) is 0.738. The van der Waals surface area contributed by atoms with E-state index in [2.05, 4.69) is 14.9 Å². The van der Waals surface area contributed by atoms with Gasteiger partial charge in [0.1, 0.15) is 0 Å². The molecular weight excluding hydrogens is 408 g/mol. The van der Waals surface area contributed by atoms with Crippen LogP contribution in [0.2, 0.25) is 0 Å². The van der Waals surface area contributed by atoms with Crippen LogP contribution in [-0.4, -0.2) is 49.9 Å². The van der Waals surface area contributed by atoms with Crippen LogP contribution in [0.5, 0.6) is 11.5 Å². The van der Waals surface area contributed by atoms with Crippen LogP contribution < -0.4 is 14.2 Å². The summed E-state index contributed by atoms with van der Waals surface area (Å²) in [6.07, 6.45) is 0.533. The molecule has 1 saturated heterocycles. The molecule has 3 aromatic rings. The highest BCUT2D eigenvalue weighted by Gasteiger charge is 2.36. The largest absolute Gasteiger partial charge is 0.454 e. The standard InChI is InChI=1S/C20H20N4O5S/c1-24-11-14(23-30(25,26)15-5-3-2-4-6-15)10-16(24)20-21-19(22-29-20)13-7-8-17-18(9-13)28-12-27-17/h2-9,14,16,23H,10-12H2,1H3. The number of sulfonamides is 1. The first-order valence-electron chi connectivity index (χ1n) is 9.51. The monoisotopic (exact) mass is 428 g/mol. The number of fused-ring (bicyclic) bond motifs is 1. The molecule has 0 bridgehead atoms. The number of aromatic nitrogens is 2. The predicted octanol–water partition coefficient (Wildman–Crippen LogP) is 2.19. The van der Waals surface area contributed by atoms with Crippen molar-refractivity contribution in [1.82, 2.24) is 19.8 Å². The Kier molecular flexibility index (Phi) is 4.69. The van der Waals surface area contributed by atoms with Crippen LogP contribution in [0.25, 0.3) is 11.4 Å². The molecule has 0 spiro atoms. The Balaban J connectivity index is 1.31. The van der Waals surface area contributed by atoms with Crippen LogP contribution in [0.1, 0.15) is 18.4 Å². The Labute approximate surface area is 173 Å². The maximum Gasteiger partial charge on any atom is 0.244 e. The average Bonchev–Trinajstić information content (AvgIpc) is 3.47. The summed E-state index contributed by atoms with van der Waals surface area (Å²) >= 11 is 0. The molecule has 0 aliphatic carbocycles. The summed E-state index contributed by atoms with van der Waals surface area (Å²) in [6, 6.07) is 13.4. The van der Waals surface area contributed by atoms with Crippen molar-refractivity contribution in [3.8, 4) is 22.9 Å². The number of likely N-dealkylation sites (N-methyl/N-ethyl adjacent to an activating group) is 1. The lowest BCUT2D eigenvalue weighted by Gasteiger charge is -2.14. The third-order valence-electron chi connectivity index (χ3n) is 5.28. The molecule has 1 aromatic heterocycles. The van der Waals surface area contributed by atoms with Crippen molar-refractivity contribution in [1.29, 1.82) is 0 Å². The molecule has 2 atom stereocenters. The zero-order valence-corrected chi connectivity index (χ0v) is 17.0. The molecule has 1 N–H and O–H groups in total. The fraction of sp³-hybridized carbons (Fsp3) is 0.300. The Bertz CT molecular complexity index is 1160. The first-order chi connectivity index (χ1) is 14.5. The number of nitrogens with zero attached hydrogens (tertiary/aromatic N) is 3. The first-order valence-corrected chi connectivity index (χ1v) is 11.0. The number of ether oxygens (including phenoxy) is 2. The molecule has 9 nitrogen and oxygen atoms in total. The van der Waals surface area contributed by atoms with Gasteiger partial charge in [0.2, 0.25) is 28.5 Å². The van der Waals surface area contributed by atoms with Crippen molar-refractivity contribution in [3.63, 3.8) is 0 Å². The van der Waals surface area contributed by atoms with E-state index in [1.165, 1.54) is 0 Å². The third kappa shape index (κ3) is 3.53. The maximum atomic E-state index is 12.6.